The number of carbonyl (C=O) groups excluding carboxylic acids is 1. The summed E-state index contributed by atoms with van der Waals surface area (Å²) >= 11 is 0. The molecule has 1 aromatic carbocycles. The highest BCUT2D eigenvalue weighted by molar-refractivity contribution is 5.80. The van der Waals surface area contributed by atoms with E-state index in [9.17, 15) is 13.6 Å². The van der Waals surface area contributed by atoms with Crippen molar-refractivity contribution in [3.63, 3.8) is 0 Å². The topological polar surface area (TPSA) is 70.7 Å². The van der Waals surface area contributed by atoms with Gasteiger partial charge in [0.15, 0.2) is 5.96 Å². The zero-order chi connectivity index (χ0) is 18.4. The van der Waals surface area contributed by atoms with Crippen LogP contribution < -0.4 is 11.1 Å². The highest BCUT2D eigenvalue weighted by Gasteiger charge is 2.24. The molecule has 1 amide bonds. The molecule has 1 aliphatic heterocycles. The second kappa shape index (κ2) is 8.78. The number of rotatable bonds is 5. The number of piperidine rings is 1. The third-order valence-electron chi connectivity index (χ3n) is 4.58. The van der Waals surface area contributed by atoms with Crippen LogP contribution in [0.2, 0.25) is 0 Å². The number of hydrogen-bond acceptors (Lipinski definition) is 2. The first-order valence-electron chi connectivity index (χ1n) is 8.59. The molecule has 0 aliphatic carbocycles. The van der Waals surface area contributed by atoms with Crippen LogP contribution in [-0.2, 0) is 4.79 Å². The fraction of sp³-hybridized carbons (Fsp3) is 0.556. The summed E-state index contributed by atoms with van der Waals surface area (Å²) in [4.78, 5) is 17.5. The molecule has 25 heavy (non-hydrogen) atoms. The number of guanidine groups is 1. The first-order chi connectivity index (χ1) is 11.9. The Morgan fingerprint density at radius 2 is 2.24 bits per heavy atom. The largest absolute Gasteiger partial charge is 0.370 e. The first-order valence-corrected chi connectivity index (χ1v) is 8.59. The zero-order valence-electron chi connectivity index (χ0n) is 14.8. The average molecular weight is 352 g/mol. The minimum atomic E-state index is -0.578. The lowest BCUT2D eigenvalue weighted by Gasteiger charge is -2.35. The van der Waals surface area contributed by atoms with Gasteiger partial charge in [-0.2, -0.15) is 0 Å². The normalized spacial score (nSPS) is 19.6. The number of amides is 1. The van der Waals surface area contributed by atoms with Gasteiger partial charge in [-0.05, 0) is 30.4 Å². The Hall–Kier alpha value is -2.18. The van der Waals surface area contributed by atoms with E-state index in [1.807, 2.05) is 6.92 Å². The monoisotopic (exact) mass is 352 g/mol. The van der Waals surface area contributed by atoms with Gasteiger partial charge in [0.2, 0.25) is 5.91 Å². The number of nitrogens with zero attached hydrogens (tertiary/aromatic N) is 2. The molecular formula is C18H26F2N4O. The van der Waals surface area contributed by atoms with Crippen LogP contribution in [0.3, 0.4) is 0 Å². The summed E-state index contributed by atoms with van der Waals surface area (Å²) in [6.07, 6.45) is 2.33. The molecule has 1 saturated heterocycles. The molecule has 0 bridgehead atoms. The number of benzene rings is 1. The van der Waals surface area contributed by atoms with Gasteiger partial charge in [-0.1, -0.05) is 13.0 Å². The second-order valence-corrected chi connectivity index (χ2v) is 6.62. The molecule has 2 unspecified atom stereocenters. The van der Waals surface area contributed by atoms with E-state index in [-0.39, 0.29) is 17.7 Å². The van der Waals surface area contributed by atoms with Crippen LogP contribution in [0, 0.1) is 17.6 Å². The Labute approximate surface area is 147 Å². The first kappa shape index (κ1) is 19.1. The molecule has 138 valence electrons. The third kappa shape index (κ3) is 5.41. The van der Waals surface area contributed by atoms with Crippen LogP contribution in [0.4, 0.5) is 8.78 Å². The van der Waals surface area contributed by atoms with Gasteiger partial charge in [-0.3, -0.25) is 9.79 Å². The summed E-state index contributed by atoms with van der Waals surface area (Å²) in [6, 6.07) is 3.64. The molecule has 0 radical (unpaired) electrons. The smallest absolute Gasteiger partial charge is 0.217 e. The summed E-state index contributed by atoms with van der Waals surface area (Å²) in [6.45, 7) is 3.94. The fourth-order valence-electron chi connectivity index (χ4n) is 3.30. The summed E-state index contributed by atoms with van der Waals surface area (Å²) < 4.78 is 26.9. The molecule has 0 saturated carbocycles. The number of carbonyl (C=O) groups is 1. The Balaban J connectivity index is 1.94. The molecule has 7 heteroatoms. The van der Waals surface area contributed by atoms with Gasteiger partial charge in [0, 0.05) is 45.1 Å². The van der Waals surface area contributed by atoms with Crippen LogP contribution >= 0.6 is 0 Å². The number of hydrogen-bond donors (Lipinski definition) is 2. The van der Waals surface area contributed by atoms with Crippen LogP contribution in [0.1, 0.15) is 37.7 Å². The number of halogens is 2. The Morgan fingerprint density at radius 3 is 2.88 bits per heavy atom. The molecule has 2 rings (SSSR count). The molecule has 1 aromatic rings. The summed E-state index contributed by atoms with van der Waals surface area (Å²) in [5.74, 6) is -0.575. The minimum Gasteiger partial charge on any atom is -0.370 e. The van der Waals surface area contributed by atoms with Crippen LogP contribution in [-0.4, -0.2) is 43.4 Å². The fourth-order valence-corrected chi connectivity index (χ4v) is 3.30. The van der Waals surface area contributed by atoms with Crippen LogP contribution in [0.15, 0.2) is 23.2 Å². The van der Waals surface area contributed by atoms with Crippen LogP contribution in [0.5, 0.6) is 0 Å². The van der Waals surface area contributed by atoms with E-state index in [4.69, 9.17) is 5.73 Å². The zero-order valence-corrected chi connectivity index (χ0v) is 14.8. The molecule has 0 aromatic heterocycles. The Kier molecular flexibility index (Phi) is 6.73. The van der Waals surface area contributed by atoms with E-state index in [2.05, 4.69) is 15.2 Å². The minimum absolute atomic E-state index is 0.136. The molecule has 3 N–H and O–H groups in total. The number of nitrogens with one attached hydrogen (secondary N) is 1. The second-order valence-electron chi connectivity index (χ2n) is 6.62. The molecule has 1 fully saturated rings. The van der Waals surface area contributed by atoms with E-state index in [0.717, 1.165) is 38.0 Å². The lowest BCUT2D eigenvalue weighted by atomic mass is 9.95. The van der Waals surface area contributed by atoms with E-state index in [1.165, 1.54) is 12.1 Å². The molecule has 5 nitrogen and oxygen atoms in total. The lowest BCUT2D eigenvalue weighted by Crippen LogP contribution is -2.47. The van der Waals surface area contributed by atoms with Crippen molar-refractivity contribution in [2.45, 2.75) is 32.1 Å². The quantitative estimate of drug-likeness (QED) is 0.631. The molecule has 0 spiro atoms. The maximum Gasteiger partial charge on any atom is 0.217 e. The number of aliphatic imine (C=N–C) groups is 1. The number of likely N-dealkylation sites (tertiary alicyclic amines) is 1. The Morgan fingerprint density at radius 1 is 1.48 bits per heavy atom. The van der Waals surface area contributed by atoms with E-state index in [1.54, 1.807) is 7.05 Å². The van der Waals surface area contributed by atoms with Gasteiger partial charge < -0.3 is 16.0 Å². The maximum atomic E-state index is 13.9. The molecular weight excluding hydrogens is 326 g/mol. The summed E-state index contributed by atoms with van der Waals surface area (Å²) in [5, 5.41) is 3.25. The molecule has 2 atom stereocenters. The van der Waals surface area contributed by atoms with E-state index < -0.39 is 11.6 Å². The van der Waals surface area contributed by atoms with Gasteiger partial charge in [0.05, 0.1) is 0 Å². The average Bonchev–Trinajstić information content (AvgIpc) is 2.55. The number of nitrogens with two attached hydrogens (primary N) is 1. The highest BCUT2D eigenvalue weighted by atomic mass is 19.1. The van der Waals surface area contributed by atoms with E-state index >= 15 is 0 Å². The van der Waals surface area contributed by atoms with Gasteiger partial charge in [-0.15, -0.1) is 0 Å². The maximum absolute atomic E-state index is 13.9. The van der Waals surface area contributed by atoms with Gasteiger partial charge in [0.25, 0.3) is 0 Å². The van der Waals surface area contributed by atoms with Crippen LogP contribution in [0.25, 0.3) is 0 Å². The standard InChI is InChI=1S/C18H26F2N4O/c1-12(15-6-5-14(19)9-16(15)20)10-23-18(22-2)24-7-3-4-13(11-24)8-17(21)25/h5-6,9,12-13H,3-4,7-8,10-11H2,1-2H3,(H2,21,25)(H,22,23). The summed E-state index contributed by atoms with van der Waals surface area (Å²) in [5.41, 5.74) is 5.77. The molecule has 1 heterocycles. The predicted molar refractivity (Wildman–Crippen MR) is 94.2 cm³/mol. The van der Waals surface area contributed by atoms with Crippen molar-refractivity contribution in [1.82, 2.24) is 10.2 Å². The molecule has 1 aliphatic rings. The number of primary amides is 1. The lowest BCUT2D eigenvalue weighted by molar-refractivity contribution is -0.119. The van der Waals surface area contributed by atoms with Gasteiger partial charge in [0.1, 0.15) is 11.6 Å². The van der Waals surface area contributed by atoms with Gasteiger partial charge >= 0.3 is 0 Å². The Bertz CT molecular complexity index is 636. The van der Waals surface area contributed by atoms with Crippen molar-refractivity contribution in [2.24, 2.45) is 16.6 Å². The van der Waals surface area contributed by atoms with Crippen molar-refractivity contribution in [3.8, 4) is 0 Å². The highest BCUT2D eigenvalue weighted by Crippen LogP contribution is 2.21. The predicted octanol–water partition coefficient (Wildman–Crippen LogP) is 2.23. The van der Waals surface area contributed by atoms with Crippen molar-refractivity contribution in [2.75, 3.05) is 26.7 Å². The van der Waals surface area contributed by atoms with Crippen molar-refractivity contribution in [1.29, 1.82) is 0 Å². The third-order valence-corrected chi connectivity index (χ3v) is 4.58. The SMILES string of the molecule is CN=C(NCC(C)c1ccc(F)cc1F)N1CCCC(CC(N)=O)C1. The van der Waals surface area contributed by atoms with Crippen molar-refractivity contribution >= 4 is 11.9 Å². The van der Waals surface area contributed by atoms with Crippen molar-refractivity contribution < 1.29 is 13.6 Å². The summed E-state index contributed by atoms with van der Waals surface area (Å²) in [7, 11) is 1.70. The van der Waals surface area contributed by atoms with Gasteiger partial charge in [-0.25, -0.2) is 8.78 Å². The van der Waals surface area contributed by atoms with Crippen molar-refractivity contribution in [3.05, 3.63) is 35.4 Å². The van der Waals surface area contributed by atoms with E-state index in [0.29, 0.717) is 18.5 Å².